The van der Waals surface area contributed by atoms with Crippen LogP contribution >= 0.6 is 0 Å². The van der Waals surface area contributed by atoms with Crippen molar-refractivity contribution in [1.29, 1.82) is 0 Å². The number of nitrogens with one attached hydrogen (secondary N) is 1. The largest absolute Gasteiger partial charge is 0.330 e. The molecule has 0 saturated carbocycles. The molecular formula is C18H34N2. The Morgan fingerprint density at radius 1 is 0.900 bits per heavy atom. The first-order valence-corrected chi connectivity index (χ1v) is 7.91. The third kappa shape index (κ3) is 13.6. The Morgan fingerprint density at radius 3 is 2.10 bits per heavy atom. The summed E-state index contributed by atoms with van der Waals surface area (Å²) in [6.07, 6.45) is 12.7. The summed E-state index contributed by atoms with van der Waals surface area (Å²) in [5.41, 5.74) is 9.85. The minimum atomic E-state index is 0.770. The van der Waals surface area contributed by atoms with Crippen LogP contribution in [0.1, 0.15) is 59.8 Å². The first-order chi connectivity index (χ1) is 9.56. The number of nitrogens with two attached hydrogens (primary N) is 1. The van der Waals surface area contributed by atoms with Crippen molar-refractivity contribution in [2.24, 2.45) is 5.73 Å². The predicted molar refractivity (Wildman–Crippen MR) is 92.0 cm³/mol. The van der Waals surface area contributed by atoms with Crippen LogP contribution in [0.15, 0.2) is 34.9 Å². The van der Waals surface area contributed by atoms with E-state index in [1.165, 1.54) is 36.0 Å². The smallest absolute Gasteiger partial charge is 0.0137 e. The molecule has 0 saturated heterocycles. The van der Waals surface area contributed by atoms with Gasteiger partial charge >= 0.3 is 0 Å². The highest BCUT2D eigenvalue weighted by Gasteiger charge is 1.92. The van der Waals surface area contributed by atoms with Crippen molar-refractivity contribution in [2.45, 2.75) is 59.8 Å². The van der Waals surface area contributed by atoms with E-state index in [0.29, 0.717) is 0 Å². The molecule has 0 aliphatic carbocycles. The summed E-state index contributed by atoms with van der Waals surface area (Å²) >= 11 is 0. The monoisotopic (exact) mass is 278 g/mol. The molecule has 116 valence electrons. The first kappa shape index (κ1) is 19.1. The van der Waals surface area contributed by atoms with E-state index in [2.05, 4.69) is 51.2 Å². The van der Waals surface area contributed by atoms with Crippen LogP contribution in [0.5, 0.6) is 0 Å². The van der Waals surface area contributed by atoms with E-state index in [9.17, 15) is 0 Å². The average molecular weight is 278 g/mol. The van der Waals surface area contributed by atoms with Crippen molar-refractivity contribution >= 4 is 0 Å². The molecule has 0 aromatic carbocycles. The van der Waals surface area contributed by atoms with Crippen molar-refractivity contribution in [2.75, 3.05) is 19.6 Å². The molecule has 0 aliphatic rings. The van der Waals surface area contributed by atoms with Gasteiger partial charge in [0.1, 0.15) is 0 Å². The molecule has 0 heterocycles. The van der Waals surface area contributed by atoms with E-state index in [0.717, 1.165) is 32.5 Å². The van der Waals surface area contributed by atoms with Crippen LogP contribution in [-0.2, 0) is 0 Å². The Hall–Kier alpha value is -0.860. The summed E-state index contributed by atoms with van der Waals surface area (Å²) in [5, 5.41) is 3.38. The van der Waals surface area contributed by atoms with Crippen LogP contribution in [0.4, 0.5) is 0 Å². The predicted octanol–water partition coefficient (Wildman–Crippen LogP) is 4.34. The van der Waals surface area contributed by atoms with Gasteiger partial charge < -0.3 is 11.1 Å². The van der Waals surface area contributed by atoms with Gasteiger partial charge in [-0.3, -0.25) is 0 Å². The molecule has 0 unspecified atom stereocenters. The molecule has 0 radical (unpaired) electrons. The van der Waals surface area contributed by atoms with Crippen LogP contribution in [0.2, 0.25) is 0 Å². The standard InChI is InChI=1S/C18H34N2/c1-16(2)8-5-9-17(3)10-6-11-18(4)12-15-20-14-7-13-19/h8,10,12,20H,5-7,9,11,13-15,19H2,1-4H3/b17-10+,18-12+. The van der Waals surface area contributed by atoms with Crippen molar-refractivity contribution in [1.82, 2.24) is 5.32 Å². The molecule has 0 bridgehead atoms. The number of allylic oxidation sites excluding steroid dienone is 5. The second kappa shape index (κ2) is 13.1. The normalized spacial score (nSPS) is 12.7. The van der Waals surface area contributed by atoms with E-state index in [1.807, 2.05) is 0 Å². The Morgan fingerprint density at radius 2 is 1.50 bits per heavy atom. The summed E-state index contributed by atoms with van der Waals surface area (Å²) < 4.78 is 0. The molecule has 0 aliphatic heterocycles. The lowest BCUT2D eigenvalue weighted by atomic mass is 10.1. The number of hydrogen-bond donors (Lipinski definition) is 2. The molecule has 2 heteroatoms. The Bertz CT molecular complexity index is 320. The van der Waals surface area contributed by atoms with Crippen molar-refractivity contribution in [3.05, 3.63) is 34.9 Å². The molecule has 0 aromatic heterocycles. The first-order valence-electron chi connectivity index (χ1n) is 7.91. The molecule has 2 nitrogen and oxygen atoms in total. The van der Waals surface area contributed by atoms with Gasteiger partial charge in [-0.25, -0.2) is 0 Å². The van der Waals surface area contributed by atoms with Crippen LogP contribution in [0.3, 0.4) is 0 Å². The van der Waals surface area contributed by atoms with E-state index in [-0.39, 0.29) is 0 Å². The van der Waals surface area contributed by atoms with Gasteiger partial charge in [0, 0.05) is 6.54 Å². The summed E-state index contributed by atoms with van der Waals surface area (Å²) in [5.74, 6) is 0. The van der Waals surface area contributed by atoms with Crippen LogP contribution < -0.4 is 11.1 Å². The van der Waals surface area contributed by atoms with Gasteiger partial charge in [-0.05, 0) is 72.9 Å². The van der Waals surface area contributed by atoms with Crippen LogP contribution in [0.25, 0.3) is 0 Å². The fraction of sp³-hybridized carbons (Fsp3) is 0.667. The Kier molecular flexibility index (Phi) is 12.6. The quantitative estimate of drug-likeness (QED) is 0.436. The lowest BCUT2D eigenvalue weighted by molar-refractivity contribution is 0.697. The van der Waals surface area contributed by atoms with Gasteiger partial charge in [0.15, 0.2) is 0 Å². The average Bonchev–Trinajstić information content (AvgIpc) is 2.38. The fourth-order valence-corrected chi connectivity index (χ4v) is 1.91. The molecule has 0 amide bonds. The zero-order chi connectivity index (χ0) is 15.2. The summed E-state index contributed by atoms with van der Waals surface area (Å²) in [7, 11) is 0. The molecule has 0 atom stereocenters. The van der Waals surface area contributed by atoms with E-state index in [1.54, 1.807) is 0 Å². The molecule has 3 N–H and O–H groups in total. The number of rotatable bonds is 11. The third-order valence-corrected chi connectivity index (χ3v) is 3.28. The lowest BCUT2D eigenvalue weighted by Crippen LogP contribution is -2.18. The minimum absolute atomic E-state index is 0.770. The lowest BCUT2D eigenvalue weighted by Gasteiger charge is -2.03. The number of hydrogen-bond acceptors (Lipinski definition) is 2. The SMILES string of the molecule is CC(C)=CCC/C(C)=C/CC/C(C)=C/CNCCCN. The maximum Gasteiger partial charge on any atom is 0.0137 e. The fourth-order valence-electron chi connectivity index (χ4n) is 1.91. The van der Waals surface area contributed by atoms with Gasteiger partial charge in [-0.2, -0.15) is 0 Å². The zero-order valence-electron chi connectivity index (χ0n) is 14.0. The second-order valence-corrected chi connectivity index (χ2v) is 5.81. The third-order valence-electron chi connectivity index (χ3n) is 3.28. The zero-order valence-corrected chi connectivity index (χ0v) is 14.0. The molecule has 0 rings (SSSR count). The second-order valence-electron chi connectivity index (χ2n) is 5.81. The highest BCUT2D eigenvalue weighted by atomic mass is 14.8. The maximum absolute atomic E-state index is 5.45. The highest BCUT2D eigenvalue weighted by molar-refractivity contribution is 5.05. The van der Waals surface area contributed by atoms with Gasteiger partial charge in [-0.1, -0.05) is 34.9 Å². The minimum Gasteiger partial charge on any atom is -0.330 e. The molecular weight excluding hydrogens is 244 g/mol. The van der Waals surface area contributed by atoms with Crippen molar-refractivity contribution in [3.63, 3.8) is 0 Å². The maximum atomic E-state index is 5.45. The molecule has 0 spiro atoms. The van der Waals surface area contributed by atoms with Crippen LogP contribution in [-0.4, -0.2) is 19.6 Å². The Balaban J connectivity index is 3.74. The van der Waals surface area contributed by atoms with Crippen molar-refractivity contribution < 1.29 is 0 Å². The van der Waals surface area contributed by atoms with Gasteiger partial charge in [0.2, 0.25) is 0 Å². The van der Waals surface area contributed by atoms with Gasteiger partial charge in [-0.15, -0.1) is 0 Å². The molecule has 0 aromatic rings. The van der Waals surface area contributed by atoms with Gasteiger partial charge in [0.25, 0.3) is 0 Å². The van der Waals surface area contributed by atoms with Crippen molar-refractivity contribution in [3.8, 4) is 0 Å². The van der Waals surface area contributed by atoms with Gasteiger partial charge in [0.05, 0.1) is 0 Å². The van der Waals surface area contributed by atoms with E-state index < -0.39 is 0 Å². The topological polar surface area (TPSA) is 38.0 Å². The summed E-state index contributed by atoms with van der Waals surface area (Å²) in [6, 6.07) is 0. The van der Waals surface area contributed by atoms with Crippen LogP contribution in [0, 0.1) is 0 Å². The summed E-state index contributed by atoms with van der Waals surface area (Å²) in [4.78, 5) is 0. The molecule has 0 fully saturated rings. The highest BCUT2D eigenvalue weighted by Crippen LogP contribution is 2.11. The Labute approximate surface area is 126 Å². The van der Waals surface area contributed by atoms with E-state index in [4.69, 9.17) is 5.73 Å². The molecule has 20 heavy (non-hydrogen) atoms. The summed E-state index contributed by atoms with van der Waals surface area (Å²) in [6.45, 7) is 11.5. The van der Waals surface area contributed by atoms with E-state index >= 15 is 0 Å².